The Morgan fingerprint density at radius 3 is 2.48 bits per heavy atom. The van der Waals surface area contributed by atoms with Gasteiger partial charge in [0.05, 0.1) is 6.33 Å². The number of anilines is 1. The zero-order valence-electron chi connectivity index (χ0n) is 15.2. The van der Waals surface area contributed by atoms with Gasteiger partial charge >= 0.3 is 0 Å². The molecule has 10 nitrogen and oxygen atoms in total. The lowest BCUT2D eigenvalue weighted by Crippen LogP contribution is -2.54. The predicted molar refractivity (Wildman–Crippen MR) is 97.6 cm³/mol. The van der Waals surface area contributed by atoms with Gasteiger partial charge in [0.15, 0.2) is 15.7 Å². The molecule has 0 spiro atoms. The van der Waals surface area contributed by atoms with Crippen LogP contribution in [-0.4, -0.2) is 69.6 Å². The second-order valence-corrected chi connectivity index (χ2v) is 8.92. The first-order valence-electron chi connectivity index (χ1n) is 8.45. The maximum atomic E-state index is 13.1. The lowest BCUT2D eigenvalue weighted by Gasteiger charge is -2.41. The maximum Gasteiger partial charge on any atom is 0.251 e. The van der Waals surface area contributed by atoms with Crippen molar-refractivity contribution >= 4 is 27.5 Å². The second-order valence-electron chi connectivity index (χ2n) is 6.78. The molecule has 1 N–H and O–H groups in total. The molecular formula is C16H22N6O4S. The number of hydrogen-bond donors (Lipinski definition) is 1. The van der Waals surface area contributed by atoms with Crippen molar-refractivity contribution in [1.29, 1.82) is 0 Å². The van der Waals surface area contributed by atoms with Crippen LogP contribution in [0.1, 0.15) is 12.8 Å². The summed E-state index contributed by atoms with van der Waals surface area (Å²) in [5.41, 5.74) is -0.921. The molecule has 3 heterocycles. The summed E-state index contributed by atoms with van der Waals surface area (Å²) < 4.78 is 26.1. The van der Waals surface area contributed by atoms with Crippen molar-refractivity contribution < 1.29 is 18.0 Å². The molecule has 1 aliphatic rings. The topological polar surface area (TPSA) is 119 Å². The number of imidazole rings is 1. The van der Waals surface area contributed by atoms with Crippen molar-refractivity contribution in [3.8, 4) is 0 Å². The highest BCUT2D eigenvalue weighted by molar-refractivity contribution is 7.91. The van der Waals surface area contributed by atoms with E-state index < -0.39 is 27.0 Å². The Kier molecular flexibility index (Phi) is 5.05. The molecule has 2 aromatic rings. The molecule has 0 aliphatic carbocycles. The smallest absolute Gasteiger partial charge is 0.251 e. The molecule has 1 saturated heterocycles. The molecule has 0 aromatic carbocycles. The minimum absolute atomic E-state index is 0.241. The summed E-state index contributed by atoms with van der Waals surface area (Å²) in [6, 6.07) is 1.70. The number of nitrogens with zero attached hydrogens (tertiary/aromatic N) is 5. The van der Waals surface area contributed by atoms with Gasteiger partial charge in [-0.1, -0.05) is 0 Å². The van der Waals surface area contributed by atoms with E-state index in [2.05, 4.69) is 15.4 Å². The molecule has 146 valence electrons. The summed E-state index contributed by atoms with van der Waals surface area (Å²) in [6.45, 7) is 0.560. The van der Waals surface area contributed by atoms with Crippen LogP contribution in [-0.2, 0) is 32.0 Å². The van der Waals surface area contributed by atoms with Crippen LogP contribution in [0, 0.1) is 0 Å². The van der Waals surface area contributed by atoms with Gasteiger partial charge in [-0.15, -0.1) is 0 Å². The Hall–Kier alpha value is -2.69. The molecule has 0 unspecified atom stereocenters. The summed E-state index contributed by atoms with van der Waals surface area (Å²) in [5.74, 6) is -0.764. The number of piperidine rings is 1. The van der Waals surface area contributed by atoms with Crippen molar-refractivity contribution in [1.82, 2.24) is 24.2 Å². The molecule has 1 fully saturated rings. The first-order chi connectivity index (χ1) is 12.7. The van der Waals surface area contributed by atoms with Crippen LogP contribution in [0.5, 0.6) is 0 Å². The maximum absolute atomic E-state index is 13.1. The van der Waals surface area contributed by atoms with Crippen LogP contribution in [0.15, 0.2) is 31.0 Å². The molecular weight excluding hydrogens is 372 g/mol. The SMILES string of the molecule is Cn1ccc(NC(=O)C2(n3ccnc3)CCN(C(=O)CS(C)(=O)=O)CC2)n1. The highest BCUT2D eigenvalue weighted by atomic mass is 32.2. The Balaban J connectivity index is 1.78. The van der Waals surface area contributed by atoms with Crippen LogP contribution in [0.2, 0.25) is 0 Å². The summed E-state index contributed by atoms with van der Waals surface area (Å²) >= 11 is 0. The molecule has 27 heavy (non-hydrogen) atoms. The highest BCUT2D eigenvalue weighted by Gasteiger charge is 2.44. The minimum Gasteiger partial charge on any atom is -0.342 e. The molecule has 2 aromatic heterocycles. The first kappa shape index (κ1) is 19.1. The third-order valence-electron chi connectivity index (χ3n) is 4.71. The van der Waals surface area contributed by atoms with Gasteiger partial charge in [-0.05, 0) is 12.8 Å². The van der Waals surface area contributed by atoms with Gasteiger partial charge in [0.25, 0.3) is 5.91 Å². The standard InChI is InChI=1S/C16H22N6O4S/c1-20-7-3-13(19-20)18-15(24)16(22-10-6-17-12-22)4-8-21(9-5-16)14(23)11-27(2,25)26/h3,6-7,10,12H,4-5,8-9,11H2,1-2H3,(H,18,19,24). The number of aromatic nitrogens is 4. The molecule has 2 amide bonds. The summed E-state index contributed by atoms with van der Waals surface area (Å²) in [6.07, 6.45) is 8.33. The fourth-order valence-corrected chi connectivity index (χ4v) is 3.90. The van der Waals surface area contributed by atoms with Crippen LogP contribution >= 0.6 is 0 Å². The van der Waals surface area contributed by atoms with E-state index in [0.717, 1.165) is 6.26 Å². The summed E-state index contributed by atoms with van der Waals surface area (Å²) in [7, 11) is -1.64. The largest absolute Gasteiger partial charge is 0.342 e. The number of hydrogen-bond acceptors (Lipinski definition) is 6. The molecule has 0 saturated carbocycles. The molecule has 0 radical (unpaired) electrons. The van der Waals surface area contributed by atoms with Crippen LogP contribution < -0.4 is 5.32 Å². The predicted octanol–water partition coefficient (Wildman–Crippen LogP) is -0.382. The fraction of sp³-hybridized carbons (Fsp3) is 0.500. The number of carbonyl (C=O) groups excluding carboxylic acids is 2. The van der Waals surface area contributed by atoms with Gasteiger partial charge in [0.2, 0.25) is 5.91 Å². The minimum atomic E-state index is -3.40. The first-order valence-corrected chi connectivity index (χ1v) is 10.5. The third kappa shape index (κ3) is 4.18. The Morgan fingerprint density at radius 1 is 1.26 bits per heavy atom. The van der Waals surface area contributed by atoms with Gasteiger partial charge in [-0.2, -0.15) is 5.10 Å². The lowest BCUT2D eigenvalue weighted by atomic mass is 9.86. The van der Waals surface area contributed by atoms with E-state index in [1.807, 2.05) is 0 Å². The van der Waals surface area contributed by atoms with Crippen molar-refractivity contribution in [2.45, 2.75) is 18.4 Å². The Morgan fingerprint density at radius 2 is 1.96 bits per heavy atom. The number of amides is 2. The van der Waals surface area contributed by atoms with Gasteiger partial charge in [0.1, 0.15) is 11.3 Å². The zero-order chi connectivity index (χ0) is 19.7. The normalized spacial score (nSPS) is 16.9. The van der Waals surface area contributed by atoms with E-state index in [1.54, 1.807) is 47.3 Å². The molecule has 0 atom stereocenters. The number of carbonyl (C=O) groups is 2. The van der Waals surface area contributed by atoms with Crippen molar-refractivity contribution in [2.75, 3.05) is 30.4 Å². The molecule has 11 heteroatoms. The van der Waals surface area contributed by atoms with E-state index in [0.29, 0.717) is 18.7 Å². The van der Waals surface area contributed by atoms with E-state index in [4.69, 9.17) is 0 Å². The van der Waals surface area contributed by atoms with Crippen LogP contribution in [0.25, 0.3) is 0 Å². The average molecular weight is 394 g/mol. The highest BCUT2D eigenvalue weighted by Crippen LogP contribution is 2.31. The van der Waals surface area contributed by atoms with E-state index >= 15 is 0 Å². The zero-order valence-corrected chi connectivity index (χ0v) is 16.0. The Bertz CT molecular complexity index is 926. The average Bonchev–Trinajstić information content (AvgIpc) is 3.25. The molecule has 1 aliphatic heterocycles. The number of nitrogens with one attached hydrogen (secondary N) is 1. The number of likely N-dealkylation sites (tertiary alicyclic amines) is 1. The summed E-state index contributed by atoms with van der Waals surface area (Å²) in [5, 5.41) is 7.00. The van der Waals surface area contributed by atoms with E-state index in [-0.39, 0.29) is 19.0 Å². The van der Waals surface area contributed by atoms with Crippen LogP contribution in [0.3, 0.4) is 0 Å². The van der Waals surface area contributed by atoms with Gasteiger partial charge in [-0.3, -0.25) is 14.3 Å². The quantitative estimate of drug-likeness (QED) is 0.738. The number of aryl methyl sites for hydroxylation is 1. The van der Waals surface area contributed by atoms with E-state index in [9.17, 15) is 18.0 Å². The lowest BCUT2D eigenvalue weighted by molar-refractivity contribution is -0.135. The summed E-state index contributed by atoms with van der Waals surface area (Å²) in [4.78, 5) is 30.8. The fourth-order valence-electron chi connectivity index (χ4n) is 3.27. The number of sulfone groups is 1. The van der Waals surface area contributed by atoms with Crippen molar-refractivity contribution in [3.05, 3.63) is 31.0 Å². The molecule has 0 bridgehead atoms. The van der Waals surface area contributed by atoms with E-state index in [1.165, 1.54) is 4.90 Å². The third-order valence-corrected chi connectivity index (χ3v) is 5.48. The number of rotatable bonds is 5. The van der Waals surface area contributed by atoms with Crippen molar-refractivity contribution in [2.24, 2.45) is 7.05 Å². The second kappa shape index (κ2) is 7.14. The molecule has 3 rings (SSSR count). The Labute approximate surface area is 157 Å². The van der Waals surface area contributed by atoms with Gasteiger partial charge in [-0.25, -0.2) is 13.4 Å². The van der Waals surface area contributed by atoms with Gasteiger partial charge < -0.3 is 14.8 Å². The monoisotopic (exact) mass is 394 g/mol. The van der Waals surface area contributed by atoms with Gasteiger partial charge in [0, 0.05) is 51.0 Å². The van der Waals surface area contributed by atoms with Crippen molar-refractivity contribution in [3.63, 3.8) is 0 Å². The van der Waals surface area contributed by atoms with Crippen LogP contribution in [0.4, 0.5) is 5.82 Å².